The zero-order valence-corrected chi connectivity index (χ0v) is 14.0. The summed E-state index contributed by atoms with van der Waals surface area (Å²) in [5.74, 6) is 0.102. The summed E-state index contributed by atoms with van der Waals surface area (Å²) < 4.78 is 5.17. The van der Waals surface area contributed by atoms with Gasteiger partial charge in [0, 0.05) is 36.5 Å². The van der Waals surface area contributed by atoms with Gasteiger partial charge in [-0.1, -0.05) is 0 Å². The minimum atomic E-state index is -0.142. The van der Waals surface area contributed by atoms with Crippen LogP contribution in [-0.4, -0.2) is 23.9 Å². The number of nitrogens with zero attached hydrogens (tertiary/aromatic N) is 3. The van der Waals surface area contributed by atoms with E-state index in [1.54, 1.807) is 7.11 Å². The topological polar surface area (TPSA) is 97.5 Å². The number of rotatable bonds is 4. The van der Waals surface area contributed by atoms with Gasteiger partial charge in [0.25, 0.3) is 0 Å². The number of dihydropyridines is 1. The monoisotopic (exact) mass is 323 g/mol. The van der Waals surface area contributed by atoms with Gasteiger partial charge in [-0.05, 0) is 37.7 Å². The largest absolute Gasteiger partial charge is 0.384 e. The summed E-state index contributed by atoms with van der Waals surface area (Å²) in [6, 6.07) is 4.70. The minimum absolute atomic E-state index is 0.142. The first-order valence-electron chi connectivity index (χ1n) is 8.20. The molecule has 2 atom stereocenters. The van der Waals surface area contributed by atoms with Crippen LogP contribution in [0.15, 0.2) is 28.7 Å². The maximum Gasteiger partial charge on any atom is 0.0972 e. The van der Waals surface area contributed by atoms with Gasteiger partial charge in [-0.15, -0.1) is 0 Å². The third-order valence-corrected chi connectivity index (χ3v) is 5.01. The van der Waals surface area contributed by atoms with E-state index in [4.69, 9.17) is 4.74 Å². The highest BCUT2D eigenvalue weighted by Gasteiger charge is 2.37. The van der Waals surface area contributed by atoms with Gasteiger partial charge in [-0.25, -0.2) is 0 Å². The lowest BCUT2D eigenvalue weighted by Gasteiger charge is -2.34. The molecule has 0 spiro atoms. The maximum absolute atomic E-state index is 9.78. The van der Waals surface area contributed by atoms with Gasteiger partial charge >= 0.3 is 0 Å². The molecular formula is C18H21N5O. The summed E-state index contributed by atoms with van der Waals surface area (Å²) >= 11 is 0. The molecule has 0 amide bonds. The van der Waals surface area contributed by atoms with Crippen molar-refractivity contribution in [1.29, 1.82) is 10.5 Å². The van der Waals surface area contributed by atoms with E-state index in [1.165, 1.54) is 11.3 Å². The third kappa shape index (κ3) is 2.81. The van der Waals surface area contributed by atoms with Crippen molar-refractivity contribution >= 4 is 0 Å². The van der Waals surface area contributed by atoms with Crippen LogP contribution in [0.5, 0.6) is 0 Å². The molecule has 0 radical (unpaired) electrons. The molecule has 6 nitrogen and oxygen atoms in total. The predicted octanol–water partition coefficient (Wildman–Crippen LogP) is 2.35. The number of fused-ring (bicyclic) bond motifs is 1. The molecule has 0 aromatic carbocycles. The summed E-state index contributed by atoms with van der Waals surface area (Å²) in [7, 11) is 1.65. The van der Waals surface area contributed by atoms with Crippen LogP contribution in [0, 0.1) is 34.5 Å². The van der Waals surface area contributed by atoms with Gasteiger partial charge in [-0.3, -0.25) is 5.10 Å². The van der Waals surface area contributed by atoms with Gasteiger partial charge in [0.1, 0.15) is 0 Å². The first-order valence-corrected chi connectivity index (χ1v) is 8.20. The van der Waals surface area contributed by atoms with Crippen molar-refractivity contribution in [1.82, 2.24) is 15.5 Å². The predicted molar refractivity (Wildman–Crippen MR) is 88.2 cm³/mol. The Morgan fingerprint density at radius 2 is 2.12 bits per heavy atom. The summed E-state index contributed by atoms with van der Waals surface area (Å²) in [6.45, 7) is 2.46. The molecular weight excluding hydrogens is 302 g/mol. The van der Waals surface area contributed by atoms with Crippen molar-refractivity contribution in [2.24, 2.45) is 11.8 Å². The van der Waals surface area contributed by atoms with Crippen LogP contribution in [0.1, 0.15) is 31.0 Å². The number of aryl methyl sites for hydroxylation is 1. The highest BCUT2D eigenvalue weighted by Crippen LogP contribution is 2.40. The lowest BCUT2D eigenvalue weighted by Crippen LogP contribution is -2.33. The lowest BCUT2D eigenvalue weighted by atomic mass is 9.71. The molecule has 0 fully saturated rings. The van der Waals surface area contributed by atoms with Crippen LogP contribution in [0.4, 0.5) is 0 Å². The summed E-state index contributed by atoms with van der Waals surface area (Å²) in [6.07, 6.45) is 5.22. The molecule has 3 rings (SSSR count). The van der Waals surface area contributed by atoms with Gasteiger partial charge in [0.2, 0.25) is 0 Å². The molecule has 2 heterocycles. The standard InChI is InChI=1S/C18H21N5O/c1-11-14(8-19)18(15(9-20)17(22-11)5-6-24-2)12-3-4-16-13(7-12)10-21-23-16/h10,12,18,22H,3-7H2,1-2H3,(H,21,23). The number of nitriles is 2. The Morgan fingerprint density at radius 1 is 1.33 bits per heavy atom. The lowest BCUT2D eigenvalue weighted by molar-refractivity contribution is 0.200. The summed E-state index contributed by atoms with van der Waals surface area (Å²) in [5.41, 5.74) is 5.50. The van der Waals surface area contributed by atoms with Crippen LogP contribution in [-0.2, 0) is 17.6 Å². The number of aromatic nitrogens is 2. The van der Waals surface area contributed by atoms with E-state index in [0.717, 1.165) is 30.7 Å². The third-order valence-electron chi connectivity index (χ3n) is 5.01. The zero-order chi connectivity index (χ0) is 17.1. The molecule has 0 bridgehead atoms. The van der Waals surface area contributed by atoms with Crippen LogP contribution < -0.4 is 5.32 Å². The SMILES string of the molecule is COCCC1=C(C#N)C(C2CCc3[nH]ncc3C2)C(C#N)=C(C)N1. The Balaban J connectivity index is 1.97. The highest BCUT2D eigenvalue weighted by molar-refractivity contribution is 5.48. The van der Waals surface area contributed by atoms with E-state index in [0.29, 0.717) is 24.2 Å². The van der Waals surface area contributed by atoms with E-state index < -0.39 is 0 Å². The number of allylic oxidation sites excluding steroid dienone is 3. The van der Waals surface area contributed by atoms with Crippen molar-refractivity contribution in [3.05, 3.63) is 40.0 Å². The van der Waals surface area contributed by atoms with Crippen LogP contribution in [0.25, 0.3) is 0 Å². The fraction of sp³-hybridized carbons (Fsp3) is 0.500. The number of aromatic amines is 1. The fourth-order valence-electron chi connectivity index (χ4n) is 3.82. The second kappa shape index (κ2) is 6.90. The van der Waals surface area contributed by atoms with E-state index in [9.17, 15) is 10.5 Å². The smallest absolute Gasteiger partial charge is 0.0972 e. The van der Waals surface area contributed by atoms with Gasteiger partial charge in [-0.2, -0.15) is 15.6 Å². The Morgan fingerprint density at radius 3 is 2.83 bits per heavy atom. The molecule has 0 saturated carbocycles. The molecule has 2 unspecified atom stereocenters. The summed E-state index contributed by atoms with van der Waals surface area (Å²) in [5, 5.41) is 29.9. The minimum Gasteiger partial charge on any atom is -0.384 e. The van der Waals surface area contributed by atoms with E-state index >= 15 is 0 Å². The number of hydrogen-bond acceptors (Lipinski definition) is 5. The Bertz CT molecular complexity index is 774. The van der Waals surface area contributed by atoms with E-state index in [-0.39, 0.29) is 11.8 Å². The normalized spacial score (nSPS) is 23.3. The van der Waals surface area contributed by atoms with Crippen molar-refractivity contribution in [2.75, 3.05) is 13.7 Å². The molecule has 124 valence electrons. The number of H-pyrrole nitrogens is 1. The summed E-state index contributed by atoms with van der Waals surface area (Å²) in [4.78, 5) is 0. The van der Waals surface area contributed by atoms with Crippen LogP contribution in [0.2, 0.25) is 0 Å². The molecule has 0 saturated heterocycles. The Hall–Kier alpha value is -2.57. The second-order valence-electron chi connectivity index (χ2n) is 6.38. The molecule has 1 aromatic heterocycles. The molecule has 24 heavy (non-hydrogen) atoms. The molecule has 1 aromatic rings. The van der Waals surface area contributed by atoms with Crippen LogP contribution in [0.3, 0.4) is 0 Å². The number of hydrogen-bond donors (Lipinski definition) is 2. The highest BCUT2D eigenvalue weighted by atomic mass is 16.5. The Labute approximate surface area is 141 Å². The van der Waals surface area contributed by atoms with E-state index in [2.05, 4.69) is 27.7 Å². The molecule has 2 aliphatic rings. The average Bonchev–Trinajstić information content (AvgIpc) is 3.06. The van der Waals surface area contributed by atoms with E-state index in [1.807, 2.05) is 13.1 Å². The van der Waals surface area contributed by atoms with Crippen molar-refractivity contribution in [2.45, 2.75) is 32.6 Å². The molecule has 2 N–H and O–H groups in total. The maximum atomic E-state index is 9.78. The zero-order valence-electron chi connectivity index (χ0n) is 14.0. The first kappa shape index (κ1) is 16.3. The molecule has 6 heteroatoms. The van der Waals surface area contributed by atoms with Crippen molar-refractivity contribution < 1.29 is 4.74 Å². The number of ether oxygens (including phenoxy) is 1. The van der Waals surface area contributed by atoms with Crippen molar-refractivity contribution in [3.63, 3.8) is 0 Å². The molecule has 1 aliphatic heterocycles. The average molecular weight is 323 g/mol. The van der Waals surface area contributed by atoms with Crippen LogP contribution >= 0.6 is 0 Å². The fourth-order valence-corrected chi connectivity index (χ4v) is 3.82. The second-order valence-corrected chi connectivity index (χ2v) is 6.38. The first-order chi connectivity index (χ1) is 11.7. The van der Waals surface area contributed by atoms with Crippen molar-refractivity contribution in [3.8, 4) is 12.1 Å². The van der Waals surface area contributed by atoms with Gasteiger partial charge in [0.15, 0.2) is 0 Å². The Kier molecular flexibility index (Phi) is 4.69. The number of methoxy groups -OCH3 is 1. The van der Waals surface area contributed by atoms with Gasteiger partial charge in [0.05, 0.1) is 36.1 Å². The number of nitrogens with one attached hydrogen (secondary N) is 2. The quantitative estimate of drug-likeness (QED) is 0.886. The molecule has 1 aliphatic carbocycles. The van der Waals surface area contributed by atoms with Gasteiger partial charge < -0.3 is 10.1 Å².